The third-order valence-corrected chi connectivity index (χ3v) is 4.72. The van der Waals surface area contributed by atoms with Crippen molar-refractivity contribution in [3.63, 3.8) is 0 Å². The van der Waals surface area contributed by atoms with E-state index in [-0.39, 0.29) is 29.4 Å². The van der Waals surface area contributed by atoms with E-state index in [1.807, 2.05) is 13.1 Å². The van der Waals surface area contributed by atoms with Gasteiger partial charge in [0.1, 0.15) is 12.1 Å². The van der Waals surface area contributed by atoms with Gasteiger partial charge in [-0.1, -0.05) is 44.2 Å². The number of aliphatic imine (C=N–C) groups is 1. The molecule has 3 N–H and O–H groups in total. The molecule has 0 saturated heterocycles. The van der Waals surface area contributed by atoms with Crippen LogP contribution >= 0.6 is 24.0 Å². The van der Waals surface area contributed by atoms with E-state index < -0.39 is 0 Å². The summed E-state index contributed by atoms with van der Waals surface area (Å²) in [5.74, 6) is 1.56. The second-order valence-corrected chi connectivity index (χ2v) is 7.26. The van der Waals surface area contributed by atoms with Gasteiger partial charge in [0.05, 0.1) is 11.6 Å². The molecule has 0 amide bonds. The Balaban J connectivity index is 0.00000300. The van der Waals surface area contributed by atoms with E-state index in [4.69, 9.17) is 0 Å². The molecule has 3 rings (SSSR count). The second-order valence-electron chi connectivity index (χ2n) is 7.26. The molecule has 2 heterocycles. The second kappa shape index (κ2) is 10.4. The summed E-state index contributed by atoms with van der Waals surface area (Å²) in [6, 6.07) is 10.5. The van der Waals surface area contributed by atoms with E-state index in [9.17, 15) is 0 Å². The summed E-state index contributed by atoms with van der Waals surface area (Å²) in [6.07, 6.45) is 3.32. The number of nitrogens with zero attached hydrogens (tertiary/aromatic N) is 5. The highest BCUT2D eigenvalue weighted by Gasteiger charge is 2.20. The maximum absolute atomic E-state index is 4.31. The summed E-state index contributed by atoms with van der Waals surface area (Å²) in [6.45, 7) is 6.63. The number of rotatable bonds is 7. The summed E-state index contributed by atoms with van der Waals surface area (Å²) >= 11 is 0. The van der Waals surface area contributed by atoms with Crippen LogP contribution in [0.5, 0.6) is 0 Å². The van der Waals surface area contributed by atoms with E-state index in [0.717, 1.165) is 29.4 Å². The van der Waals surface area contributed by atoms with Gasteiger partial charge in [-0.3, -0.25) is 9.67 Å². The van der Waals surface area contributed by atoms with E-state index in [1.54, 1.807) is 24.3 Å². The molecule has 0 aliphatic heterocycles. The molecule has 3 aromatic rings. The van der Waals surface area contributed by atoms with Crippen molar-refractivity contribution in [3.05, 3.63) is 48.4 Å². The molecule has 0 spiro atoms. The minimum absolute atomic E-state index is 0. The first-order valence-electron chi connectivity index (χ1n) is 9.38. The molecule has 0 unspecified atom stereocenters. The first kappa shape index (κ1) is 22.9. The van der Waals surface area contributed by atoms with Gasteiger partial charge in [0.2, 0.25) is 0 Å². The monoisotopic (exact) mass is 508 g/mol. The number of guanidine groups is 1. The van der Waals surface area contributed by atoms with Crippen molar-refractivity contribution in [1.82, 2.24) is 30.4 Å². The number of nitrogens with one attached hydrogen (secondary N) is 3. The lowest BCUT2D eigenvalue weighted by Gasteiger charge is -2.26. The molecule has 0 aliphatic rings. The Morgan fingerprint density at radius 2 is 1.86 bits per heavy atom. The SMILES string of the molecule is CN=C(NCCNc1ncnc2c1cnn2C)NCC(C)(C)c1ccccc1.I. The average Bonchev–Trinajstić information content (AvgIpc) is 3.10. The first-order valence-corrected chi connectivity index (χ1v) is 9.38. The Hall–Kier alpha value is -2.43. The van der Waals surface area contributed by atoms with Crippen molar-refractivity contribution in [1.29, 1.82) is 0 Å². The van der Waals surface area contributed by atoms with Crippen LogP contribution in [0.1, 0.15) is 19.4 Å². The highest BCUT2D eigenvalue weighted by molar-refractivity contribution is 14.0. The number of benzene rings is 1. The minimum atomic E-state index is 0. The van der Waals surface area contributed by atoms with Crippen LogP contribution in [-0.2, 0) is 12.5 Å². The number of hydrogen-bond acceptors (Lipinski definition) is 5. The standard InChI is InChI=1S/C20H28N8.HI/c1-20(2,15-8-6-5-7-9-15)13-24-19(21-3)23-11-10-22-17-16-12-27-28(4)18(16)26-14-25-17;/h5-9,12,14H,10-11,13H2,1-4H3,(H2,21,23,24)(H,22,25,26);1H. The molecule has 0 atom stereocenters. The molecule has 0 radical (unpaired) electrons. The smallest absolute Gasteiger partial charge is 0.191 e. The number of hydrogen-bond donors (Lipinski definition) is 3. The highest BCUT2D eigenvalue weighted by atomic mass is 127. The van der Waals surface area contributed by atoms with E-state index in [1.165, 1.54) is 5.56 Å². The Morgan fingerprint density at radius 1 is 1.10 bits per heavy atom. The molecule has 0 bridgehead atoms. The van der Waals surface area contributed by atoms with Crippen LogP contribution in [0, 0.1) is 0 Å². The van der Waals surface area contributed by atoms with Gasteiger partial charge in [0.15, 0.2) is 11.6 Å². The molecular weight excluding hydrogens is 479 g/mol. The lowest BCUT2D eigenvalue weighted by molar-refractivity contribution is 0.509. The fourth-order valence-corrected chi connectivity index (χ4v) is 2.98. The van der Waals surface area contributed by atoms with Gasteiger partial charge in [0.25, 0.3) is 0 Å². The zero-order valence-corrected chi connectivity index (χ0v) is 19.6. The highest BCUT2D eigenvalue weighted by Crippen LogP contribution is 2.21. The average molecular weight is 508 g/mol. The van der Waals surface area contributed by atoms with Crippen molar-refractivity contribution >= 4 is 46.8 Å². The number of aryl methyl sites for hydroxylation is 1. The normalized spacial score (nSPS) is 11.8. The molecule has 0 fully saturated rings. The zero-order valence-electron chi connectivity index (χ0n) is 17.3. The van der Waals surface area contributed by atoms with Gasteiger partial charge in [0, 0.05) is 39.1 Å². The minimum Gasteiger partial charge on any atom is -0.368 e. The predicted octanol–water partition coefficient (Wildman–Crippen LogP) is 2.54. The van der Waals surface area contributed by atoms with E-state index in [2.05, 4.69) is 74.1 Å². The lowest BCUT2D eigenvalue weighted by atomic mass is 9.85. The van der Waals surface area contributed by atoms with Crippen LogP contribution in [0.2, 0.25) is 0 Å². The number of aromatic nitrogens is 4. The maximum Gasteiger partial charge on any atom is 0.191 e. The molecule has 9 heteroatoms. The van der Waals surface area contributed by atoms with Gasteiger partial charge in [-0.05, 0) is 5.56 Å². The maximum atomic E-state index is 4.31. The molecule has 29 heavy (non-hydrogen) atoms. The van der Waals surface area contributed by atoms with Crippen molar-refractivity contribution in [3.8, 4) is 0 Å². The fourth-order valence-electron chi connectivity index (χ4n) is 2.98. The van der Waals surface area contributed by atoms with Crippen molar-refractivity contribution in [2.45, 2.75) is 19.3 Å². The van der Waals surface area contributed by atoms with Crippen molar-refractivity contribution in [2.75, 3.05) is 32.0 Å². The molecular formula is C20H29IN8. The number of fused-ring (bicyclic) bond motifs is 1. The van der Waals surface area contributed by atoms with Gasteiger partial charge < -0.3 is 16.0 Å². The van der Waals surface area contributed by atoms with Crippen molar-refractivity contribution < 1.29 is 0 Å². The Morgan fingerprint density at radius 3 is 2.59 bits per heavy atom. The van der Waals surface area contributed by atoms with E-state index in [0.29, 0.717) is 13.1 Å². The molecule has 8 nitrogen and oxygen atoms in total. The van der Waals surface area contributed by atoms with Gasteiger partial charge >= 0.3 is 0 Å². The van der Waals surface area contributed by atoms with Crippen LogP contribution in [0.15, 0.2) is 47.8 Å². The summed E-state index contributed by atoms with van der Waals surface area (Å²) in [4.78, 5) is 12.9. The molecule has 1 aromatic carbocycles. The molecule has 0 saturated carbocycles. The predicted molar refractivity (Wildman–Crippen MR) is 129 cm³/mol. The lowest BCUT2D eigenvalue weighted by Crippen LogP contribution is -2.44. The summed E-state index contributed by atoms with van der Waals surface area (Å²) in [5, 5.41) is 15.2. The Kier molecular flexibility index (Phi) is 8.18. The van der Waals surface area contributed by atoms with Gasteiger partial charge in [-0.15, -0.1) is 24.0 Å². The van der Waals surface area contributed by atoms with Crippen molar-refractivity contribution in [2.24, 2.45) is 12.0 Å². The Labute approximate surface area is 188 Å². The third kappa shape index (κ3) is 5.78. The molecule has 0 aliphatic carbocycles. The molecule has 156 valence electrons. The summed E-state index contributed by atoms with van der Waals surface area (Å²) in [5.41, 5.74) is 2.11. The summed E-state index contributed by atoms with van der Waals surface area (Å²) in [7, 11) is 3.65. The summed E-state index contributed by atoms with van der Waals surface area (Å²) < 4.78 is 1.74. The van der Waals surface area contributed by atoms with Crippen LogP contribution in [0.4, 0.5) is 5.82 Å². The molecule has 2 aromatic heterocycles. The van der Waals surface area contributed by atoms with Gasteiger partial charge in [-0.25, -0.2) is 9.97 Å². The van der Waals surface area contributed by atoms with E-state index >= 15 is 0 Å². The van der Waals surface area contributed by atoms with Crippen LogP contribution in [0.3, 0.4) is 0 Å². The Bertz CT molecular complexity index is 936. The largest absolute Gasteiger partial charge is 0.368 e. The first-order chi connectivity index (χ1) is 13.5. The number of halogens is 1. The zero-order chi connectivity index (χ0) is 20.0. The fraction of sp³-hybridized carbons (Fsp3) is 0.400. The van der Waals surface area contributed by atoms with Crippen LogP contribution in [0.25, 0.3) is 11.0 Å². The third-order valence-electron chi connectivity index (χ3n) is 4.72. The topological polar surface area (TPSA) is 92.1 Å². The van der Waals surface area contributed by atoms with Crippen LogP contribution in [-0.4, -0.2) is 52.4 Å². The quantitative estimate of drug-likeness (QED) is 0.197. The number of anilines is 1. The van der Waals surface area contributed by atoms with Crippen LogP contribution < -0.4 is 16.0 Å². The van der Waals surface area contributed by atoms with Gasteiger partial charge in [-0.2, -0.15) is 5.10 Å².